The summed E-state index contributed by atoms with van der Waals surface area (Å²) in [6, 6.07) is 12.3. The molecule has 3 aromatic heterocycles. The van der Waals surface area contributed by atoms with Crippen LogP contribution in [0.2, 0.25) is 5.02 Å². The highest BCUT2D eigenvalue weighted by atomic mass is 35.5. The minimum absolute atomic E-state index is 0.346. The standard InChI is InChI=1S/C27H28ClN7O3S/c1-26(2)22-17(13-20(39-22)19-8-10-30-25(32-19)33-21-9-11-31-34(21)4)23(37)35(26)27(3,24(29)38)18(14-36)15-6-5-7-16(28)12-15/h5-13,18,36H,14H2,1-4H3,(H2,29,38)(H,30,32,33)/t18-,27?/m0/s1. The van der Waals surface area contributed by atoms with E-state index in [0.29, 0.717) is 27.8 Å². The Balaban J connectivity index is 1.52. The van der Waals surface area contributed by atoms with Gasteiger partial charge in [-0.3, -0.25) is 14.3 Å². The van der Waals surface area contributed by atoms with Crippen LogP contribution in [0.5, 0.6) is 0 Å². The topological polar surface area (TPSA) is 139 Å². The number of hydrogen-bond acceptors (Lipinski definition) is 8. The number of nitrogens with zero attached hydrogens (tertiary/aromatic N) is 5. The van der Waals surface area contributed by atoms with Gasteiger partial charge in [0.2, 0.25) is 11.9 Å². The van der Waals surface area contributed by atoms with Crippen LogP contribution in [0.3, 0.4) is 0 Å². The summed E-state index contributed by atoms with van der Waals surface area (Å²) in [6.45, 7) is 4.95. The Labute approximate surface area is 234 Å². The lowest BCUT2D eigenvalue weighted by molar-refractivity contribution is -0.133. The van der Waals surface area contributed by atoms with Gasteiger partial charge in [-0.25, -0.2) is 9.97 Å². The first-order valence-corrected chi connectivity index (χ1v) is 13.4. The van der Waals surface area contributed by atoms with Crippen LogP contribution in [0, 0.1) is 0 Å². The zero-order valence-electron chi connectivity index (χ0n) is 21.8. The van der Waals surface area contributed by atoms with Crippen molar-refractivity contribution in [2.75, 3.05) is 11.9 Å². The highest BCUT2D eigenvalue weighted by Crippen LogP contribution is 2.51. The Morgan fingerprint density at radius 2 is 2.03 bits per heavy atom. The molecule has 0 fully saturated rings. The number of carbonyl (C=O) groups is 2. The molecule has 1 aliphatic rings. The molecule has 0 radical (unpaired) electrons. The number of aliphatic hydroxyl groups excluding tert-OH is 1. The van der Waals surface area contributed by atoms with Crippen molar-refractivity contribution >= 4 is 46.5 Å². The zero-order chi connectivity index (χ0) is 28.1. The molecule has 1 aromatic carbocycles. The van der Waals surface area contributed by atoms with Gasteiger partial charge in [0.1, 0.15) is 11.4 Å². The fourth-order valence-corrected chi connectivity index (χ4v) is 6.74. The molecule has 0 aliphatic carbocycles. The van der Waals surface area contributed by atoms with E-state index in [-0.39, 0.29) is 5.91 Å². The van der Waals surface area contributed by atoms with Gasteiger partial charge >= 0.3 is 0 Å². The number of carbonyl (C=O) groups excluding carboxylic acids is 2. The molecule has 2 atom stereocenters. The molecule has 2 amide bonds. The predicted octanol–water partition coefficient (Wildman–Crippen LogP) is 4.05. The summed E-state index contributed by atoms with van der Waals surface area (Å²) in [7, 11) is 1.81. The lowest BCUT2D eigenvalue weighted by atomic mass is 9.77. The minimum atomic E-state index is -1.55. The van der Waals surface area contributed by atoms with Crippen LogP contribution >= 0.6 is 22.9 Å². The molecule has 4 heterocycles. The Hall–Kier alpha value is -3.80. The lowest BCUT2D eigenvalue weighted by Gasteiger charge is -2.48. The number of primary amides is 1. The van der Waals surface area contributed by atoms with Gasteiger partial charge < -0.3 is 21.1 Å². The second-order valence-electron chi connectivity index (χ2n) is 10.1. The van der Waals surface area contributed by atoms with E-state index >= 15 is 0 Å². The van der Waals surface area contributed by atoms with Crippen molar-refractivity contribution < 1.29 is 14.7 Å². The molecule has 0 saturated heterocycles. The smallest absolute Gasteiger partial charge is 0.256 e. The highest BCUT2D eigenvalue weighted by Gasteiger charge is 2.58. The number of anilines is 2. The number of rotatable bonds is 8. The number of benzene rings is 1. The number of halogens is 1. The van der Waals surface area contributed by atoms with E-state index in [1.54, 1.807) is 60.4 Å². The summed E-state index contributed by atoms with van der Waals surface area (Å²) in [4.78, 5) is 39.1. The van der Waals surface area contributed by atoms with Gasteiger partial charge in [-0.2, -0.15) is 5.10 Å². The molecule has 10 nitrogen and oxygen atoms in total. The van der Waals surface area contributed by atoms with Crippen molar-refractivity contribution in [2.24, 2.45) is 12.8 Å². The van der Waals surface area contributed by atoms with E-state index in [0.717, 1.165) is 15.6 Å². The maximum absolute atomic E-state index is 14.0. The van der Waals surface area contributed by atoms with Crippen LogP contribution in [0.1, 0.15) is 47.5 Å². The first-order valence-electron chi connectivity index (χ1n) is 12.2. The fourth-order valence-electron chi connectivity index (χ4n) is 5.33. The minimum Gasteiger partial charge on any atom is -0.396 e. The SMILES string of the molecule is Cn1nccc1Nc1nccc(-c2cc3c(s2)C(C)(C)N(C(C)(C(N)=O)[C@@H](CO)c2cccc(Cl)c2)C3=O)n1. The van der Waals surface area contributed by atoms with Crippen LogP contribution in [0.15, 0.2) is 54.9 Å². The summed E-state index contributed by atoms with van der Waals surface area (Å²) in [5.41, 5.74) is 5.26. The molecule has 0 bridgehead atoms. The number of hydrogen-bond donors (Lipinski definition) is 3. The summed E-state index contributed by atoms with van der Waals surface area (Å²) >= 11 is 7.63. The molecular weight excluding hydrogens is 538 g/mol. The van der Waals surface area contributed by atoms with E-state index in [4.69, 9.17) is 17.3 Å². The normalized spacial score (nSPS) is 16.6. The third kappa shape index (κ3) is 4.36. The second kappa shape index (κ2) is 9.74. The van der Waals surface area contributed by atoms with Crippen LogP contribution in [0.25, 0.3) is 10.6 Å². The maximum atomic E-state index is 14.0. The number of amides is 2. The maximum Gasteiger partial charge on any atom is 0.256 e. The zero-order valence-corrected chi connectivity index (χ0v) is 23.4. The van der Waals surface area contributed by atoms with Crippen molar-refractivity contribution in [1.29, 1.82) is 0 Å². The van der Waals surface area contributed by atoms with Crippen molar-refractivity contribution in [3.05, 3.63) is 75.9 Å². The third-order valence-electron chi connectivity index (χ3n) is 7.32. The van der Waals surface area contributed by atoms with Crippen LogP contribution in [-0.2, 0) is 17.4 Å². The van der Waals surface area contributed by atoms with Crippen LogP contribution in [0.4, 0.5) is 11.8 Å². The Kier molecular flexibility index (Phi) is 6.69. The summed E-state index contributed by atoms with van der Waals surface area (Å²) in [6.07, 6.45) is 3.31. The van der Waals surface area contributed by atoms with Gasteiger partial charge in [0.05, 0.1) is 34.5 Å². The second-order valence-corrected chi connectivity index (χ2v) is 11.6. The van der Waals surface area contributed by atoms with Gasteiger partial charge in [0.15, 0.2) is 0 Å². The lowest BCUT2D eigenvalue weighted by Crippen LogP contribution is -2.64. The third-order valence-corrected chi connectivity index (χ3v) is 9.03. The fraction of sp³-hybridized carbons (Fsp3) is 0.296. The molecule has 0 spiro atoms. The molecule has 1 unspecified atom stereocenters. The van der Waals surface area contributed by atoms with Crippen LogP contribution < -0.4 is 11.1 Å². The highest BCUT2D eigenvalue weighted by molar-refractivity contribution is 7.16. The van der Waals surface area contributed by atoms with Gasteiger partial charge in [-0.1, -0.05) is 23.7 Å². The number of aromatic nitrogens is 4. The molecule has 4 aromatic rings. The van der Waals surface area contributed by atoms with Crippen molar-refractivity contribution in [1.82, 2.24) is 24.6 Å². The molecule has 5 rings (SSSR count). The summed E-state index contributed by atoms with van der Waals surface area (Å²) in [5, 5.41) is 18.2. The monoisotopic (exact) mass is 565 g/mol. The first kappa shape index (κ1) is 26.8. The molecule has 12 heteroatoms. The number of nitrogens with one attached hydrogen (secondary N) is 1. The number of nitrogens with two attached hydrogens (primary N) is 1. The Morgan fingerprint density at radius 1 is 1.26 bits per heavy atom. The van der Waals surface area contributed by atoms with Crippen LogP contribution in [-0.4, -0.2) is 53.7 Å². The largest absolute Gasteiger partial charge is 0.396 e. The van der Waals surface area contributed by atoms with E-state index in [1.807, 2.05) is 27.0 Å². The number of thiophene rings is 1. The van der Waals surface area contributed by atoms with Gasteiger partial charge in [-0.05, 0) is 50.6 Å². The Morgan fingerprint density at radius 3 is 2.64 bits per heavy atom. The van der Waals surface area contributed by atoms with Gasteiger partial charge in [0.25, 0.3) is 5.91 Å². The number of aryl methyl sites for hydroxylation is 1. The molecule has 39 heavy (non-hydrogen) atoms. The molecule has 1 aliphatic heterocycles. The molecular formula is C27H28ClN7O3S. The Bertz CT molecular complexity index is 1580. The summed E-state index contributed by atoms with van der Waals surface area (Å²) in [5.74, 6) is -0.739. The van der Waals surface area contributed by atoms with Crippen molar-refractivity contribution in [3.8, 4) is 10.6 Å². The molecule has 4 N–H and O–H groups in total. The van der Waals surface area contributed by atoms with Crippen molar-refractivity contribution in [2.45, 2.75) is 37.8 Å². The molecule has 202 valence electrons. The summed E-state index contributed by atoms with van der Waals surface area (Å²) < 4.78 is 1.67. The number of fused-ring (bicyclic) bond motifs is 1. The quantitative estimate of drug-likeness (QED) is 0.293. The van der Waals surface area contributed by atoms with E-state index in [2.05, 4.69) is 20.4 Å². The van der Waals surface area contributed by atoms with Crippen molar-refractivity contribution in [3.63, 3.8) is 0 Å². The number of aliphatic hydroxyl groups is 1. The average molecular weight is 566 g/mol. The van der Waals surface area contributed by atoms with Gasteiger partial charge in [0, 0.05) is 35.1 Å². The average Bonchev–Trinajstić information content (AvgIpc) is 3.56. The van der Waals surface area contributed by atoms with E-state index in [9.17, 15) is 14.7 Å². The van der Waals surface area contributed by atoms with E-state index < -0.39 is 29.5 Å². The predicted molar refractivity (Wildman–Crippen MR) is 150 cm³/mol. The first-order chi connectivity index (χ1) is 18.5. The van der Waals surface area contributed by atoms with Gasteiger partial charge in [-0.15, -0.1) is 11.3 Å². The molecule has 0 saturated carbocycles. The van der Waals surface area contributed by atoms with E-state index in [1.165, 1.54) is 16.2 Å².